The highest BCUT2D eigenvalue weighted by molar-refractivity contribution is 5.96. The lowest BCUT2D eigenvalue weighted by Crippen LogP contribution is -2.36. The van der Waals surface area contributed by atoms with Gasteiger partial charge < -0.3 is 25.2 Å². The Morgan fingerprint density at radius 2 is 1.79 bits per heavy atom. The number of hydrogen-bond acceptors (Lipinski definition) is 9. The lowest BCUT2D eigenvalue weighted by molar-refractivity contribution is -0.117. The molecule has 230 valence electrons. The SMILES string of the molecule is COc1cc2c(N(c3cc(F)cc(F)c3)c3cc(CC(N)=O)[nH]n3)ncnc2cc1OCCCN(CCO)CC(C)(C)C. The van der Waals surface area contributed by atoms with Gasteiger partial charge in [0.15, 0.2) is 17.3 Å². The van der Waals surface area contributed by atoms with E-state index in [-0.39, 0.29) is 35.8 Å². The van der Waals surface area contributed by atoms with Gasteiger partial charge >= 0.3 is 0 Å². The van der Waals surface area contributed by atoms with E-state index in [9.17, 15) is 18.7 Å². The number of rotatable bonds is 14. The van der Waals surface area contributed by atoms with Crippen molar-refractivity contribution in [2.45, 2.75) is 33.6 Å². The van der Waals surface area contributed by atoms with Gasteiger partial charge in [0, 0.05) is 48.9 Å². The van der Waals surface area contributed by atoms with Crippen LogP contribution in [0.15, 0.2) is 42.7 Å². The Kier molecular flexibility index (Phi) is 10.1. The van der Waals surface area contributed by atoms with Crippen LogP contribution in [0, 0.1) is 17.0 Å². The second-order valence-electron chi connectivity index (χ2n) is 11.3. The third-order valence-corrected chi connectivity index (χ3v) is 6.42. The Morgan fingerprint density at radius 1 is 1.05 bits per heavy atom. The van der Waals surface area contributed by atoms with Gasteiger partial charge in [0.25, 0.3) is 0 Å². The number of benzene rings is 2. The molecule has 1 amide bonds. The molecule has 0 aliphatic carbocycles. The zero-order valence-electron chi connectivity index (χ0n) is 24.7. The van der Waals surface area contributed by atoms with E-state index in [1.54, 1.807) is 18.2 Å². The number of anilines is 3. The smallest absolute Gasteiger partial charge is 0.223 e. The first-order valence-electron chi connectivity index (χ1n) is 13.8. The quantitative estimate of drug-likeness (QED) is 0.182. The van der Waals surface area contributed by atoms with E-state index in [2.05, 4.69) is 45.8 Å². The van der Waals surface area contributed by atoms with Crippen molar-refractivity contribution in [3.05, 3.63) is 60.1 Å². The Bertz CT molecular complexity index is 1540. The number of aromatic amines is 1. The molecule has 4 N–H and O–H groups in total. The first-order valence-corrected chi connectivity index (χ1v) is 13.8. The standard InChI is InChI=1S/C30H37F2N7O4/c1-30(2,3)17-38(7-8-40)6-5-9-43-26-16-24-23(15-25(26)42-4)29(35-18-34-24)39(22-11-19(31)10-20(32)12-22)28-14-21(36-37-28)13-27(33)41/h10-12,14-16,18,40H,5-9,13,17H2,1-4H3,(H2,33,41)(H,36,37). The molecule has 0 aliphatic rings. The number of fused-ring (bicyclic) bond motifs is 1. The van der Waals surface area contributed by atoms with Crippen LogP contribution < -0.4 is 20.1 Å². The largest absolute Gasteiger partial charge is 0.493 e. The van der Waals surface area contributed by atoms with Crippen molar-refractivity contribution in [1.82, 2.24) is 25.1 Å². The van der Waals surface area contributed by atoms with Crippen molar-refractivity contribution in [3.8, 4) is 11.5 Å². The number of methoxy groups -OCH3 is 1. The highest BCUT2D eigenvalue weighted by atomic mass is 19.1. The van der Waals surface area contributed by atoms with Crippen LogP contribution in [0.4, 0.5) is 26.1 Å². The van der Waals surface area contributed by atoms with Crippen LogP contribution >= 0.6 is 0 Å². The van der Waals surface area contributed by atoms with Crippen LogP contribution in [0.1, 0.15) is 32.9 Å². The summed E-state index contributed by atoms with van der Waals surface area (Å²) in [6.45, 7) is 9.13. The van der Waals surface area contributed by atoms with Crippen molar-refractivity contribution < 1.29 is 28.2 Å². The second-order valence-corrected chi connectivity index (χ2v) is 11.3. The van der Waals surface area contributed by atoms with Crippen molar-refractivity contribution in [2.24, 2.45) is 11.1 Å². The zero-order valence-corrected chi connectivity index (χ0v) is 24.7. The molecular weight excluding hydrogens is 560 g/mol. The van der Waals surface area contributed by atoms with Gasteiger partial charge in [-0.05, 0) is 30.0 Å². The average molecular weight is 598 g/mol. The third-order valence-electron chi connectivity index (χ3n) is 6.42. The predicted molar refractivity (Wildman–Crippen MR) is 159 cm³/mol. The number of carbonyl (C=O) groups excluding carboxylic acids is 1. The molecule has 2 aromatic carbocycles. The minimum Gasteiger partial charge on any atom is -0.493 e. The van der Waals surface area contributed by atoms with Gasteiger partial charge in [0.1, 0.15) is 23.8 Å². The van der Waals surface area contributed by atoms with Crippen LogP contribution in [-0.2, 0) is 11.2 Å². The van der Waals surface area contributed by atoms with E-state index in [0.717, 1.165) is 37.7 Å². The number of hydrogen-bond donors (Lipinski definition) is 3. The number of nitrogens with two attached hydrogens (primary N) is 1. The minimum absolute atomic E-state index is 0.0848. The topological polar surface area (TPSA) is 143 Å². The summed E-state index contributed by atoms with van der Waals surface area (Å²) < 4.78 is 40.4. The number of amides is 1. The van der Waals surface area contributed by atoms with E-state index in [1.165, 1.54) is 18.3 Å². The number of primary amides is 1. The number of nitrogens with one attached hydrogen (secondary N) is 1. The molecule has 13 heteroatoms. The van der Waals surface area contributed by atoms with Crippen LogP contribution in [0.5, 0.6) is 11.5 Å². The molecule has 0 saturated carbocycles. The first-order chi connectivity index (χ1) is 20.5. The van der Waals surface area contributed by atoms with Gasteiger partial charge in [-0.3, -0.25) is 14.8 Å². The molecule has 0 spiro atoms. The monoisotopic (exact) mass is 597 g/mol. The molecule has 0 radical (unpaired) electrons. The van der Waals surface area contributed by atoms with E-state index >= 15 is 0 Å². The van der Waals surface area contributed by atoms with Crippen molar-refractivity contribution in [3.63, 3.8) is 0 Å². The number of carbonyl (C=O) groups is 1. The number of aliphatic hydroxyl groups excluding tert-OH is 1. The normalized spacial score (nSPS) is 11.7. The summed E-state index contributed by atoms with van der Waals surface area (Å²) in [6.07, 6.45) is 1.94. The Morgan fingerprint density at radius 3 is 2.44 bits per heavy atom. The fourth-order valence-electron chi connectivity index (χ4n) is 4.83. The van der Waals surface area contributed by atoms with Crippen molar-refractivity contribution >= 4 is 34.1 Å². The third kappa shape index (κ3) is 8.36. The van der Waals surface area contributed by atoms with E-state index in [4.69, 9.17) is 15.2 Å². The minimum atomic E-state index is -0.792. The molecule has 0 atom stereocenters. The molecule has 43 heavy (non-hydrogen) atoms. The average Bonchev–Trinajstić information content (AvgIpc) is 3.36. The highest BCUT2D eigenvalue weighted by Gasteiger charge is 2.23. The van der Waals surface area contributed by atoms with Gasteiger partial charge in [0.2, 0.25) is 5.91 Å². The summed E-state index contributed by atoms with van der Waals surface area (Å²) in [6, 6.07) is 8.02. The molecule has 0 aliphatic heterocycles. The van der Waals surface area contributed by atoms with Crippen molar-refractivity contribution in [2.75, 3.05) is 44.9 Å². The zero-order chi connectivity index (χ0) is 31.1. The maximum atomic E-state index is 14.4. The summed E-state index contributed by atoms with van der Waals surface area (Å²) >= 11 is 0. The number of ether oxygens (including phenoxy) is 2. The Balaban J connectivity index is 1.67. The van der Waals surface area contributed by atoms with Gasteiger partial charge in [0.05, 0.1) is 37.9 Å². The lowest BCUT2D eigenvalue weighted by atomic mass is 9.96. The first kappa shape index (κ1) is 31.6. The maximum Gasteiger partial charge on any atom is 0.223 e. The maximum absolute atomic E-state index is 14.4. The highest BCUT2D eigenvalue weighted by Crippen LogP contribution is 2.40. The molecule has 2 aromatic heterocycles. The molecule has 2 heterocycles. The van der Waals surface area contributed by atoms with Crippen LogP contribution in [0.3, 0.4) is 0 Å². The molecule has 0 unspecified atom stereocenters. The summed E-state index contributed by atoms with van der Waals surface area (Å²) in [4.78, 5) is 24.0. The summed E-state index contributed by atoms with van der Waals surface area (Å²) in [7, 11) is 1.51. The lowest BCUT2D eigenvalue weighted by Gasteiger charge is -2.29. The fraction of sp³-hybridized carbons (Fsp3) is 0.400. The molecule has 0 saturated heterocycles. The van der Waals surface area contributed by atoms with Gasteiger partial charge in [-0.2, -0.15) is 5.10 Å². The van der Waals surface area contributed by atoms with Crippen molar-refractivity contribution in [1.29, 1.82) is 0 Å². The van der Waals surface area contributed by atoms with E-state index in [0.29, 0.717) is 41.2 Å². The molecule has 0 bridgehead atoms. The molecule has 4 aromatic rings. The van der Waals surface area contributed by atoms with Gasteiger partial charge in [-0.25, -0.2) is 18.7 Å². The molecule has 4 rings (SSSR count). The summed E-state index contributed by atoms with van der Waals surface area (Å²) in [5.74, 6) is -0.789. The van der Waals surface area contributed by atoms with Crippen LogP contribution in [0.2, 0.25) is 0 Å². The second kappa shape index (κ2) is 13.7. The predicted octanol–water partition coefficient (Wildman–Crippen LogP) is 4.25. The summed E-state index contributed by atoms with van der Waals surface area (Å²) in [5.41, 5.74) is 6.44. The van der Waals surface area contributed by atoms with Gasteiger partial charge in [-0.15, -0.1) is 0 Å². The Labute approximate surface area is 248 Å². The van der Waals surface area contributed by atoms with E-state index < -0.39 is 17.5 Å². The molecular formula is C30H37F2N7O4. The number of nitrogens with zero attached hydrogens (tertiary/aromatic N) is 5. The fourth-order valence-corrected chi connectivity index (χ4v) is 4.83. The van der Waals surface area contributed by atoms with Crippen LogP contribution in [-0.4, -0.2) is 76.0 Å². The van der Waals surface area contributed by atoms with Crippen LogP contribution in [0.25, 0.3) is 10.9 Å². The van der Waals surface area contributed by atoms with Gasteiger partial charge in [-0.1, -0.05) is 20.8 Å². The number of halogens is 2. The Hall–Kier alpha value is -4.36. The molecule has 11 nitrogen and oxygen atoms in total. The number of aromatic nitrogens is 4. The molecule has 0 fully saturated rings. The summed E-state index contributed by atoms with van der Waals surface area (Å²) in [5, 5.41) is 16.9. The number of H-pyrrole nitrogens is 1. The number of aliphatic hydroxyl groups is 1. The van der Waals surface area contributed by atoms with E-state index in [1.807, 2.05) is 0 Å².